The van der Waals surface area contributed by atoms with Gasteiger partial charge in [0, 0.05) is 41.3 Å². The predicted molar refractivity (Wildman–Crippen MR) is 130 cm³/mol. The van der Waals surface area contributed by atoms with Crippen LogP contribution in [0.3, 0.4) is 0 Å². The maximum absolute atomic E-state index is 13.3. The second-order valence-electron chi connectivity index (χ2n) is 8.57. The molecule has 4 aromatic rings. The highest BCUT2D eigenvalue weighted by Gasteiger charge is 2.23. The van der Waals surface area contributed by atoms with Gasteiger partial charge in [-0.05, 0) is 62.6 Å². The maximum Gasteiger partial charge on any atom is 0.253 e. The standard InChI is InChI=1S/C27H25N3O3/c1-15-12-20(17(3)30-22-8-4-6-18-9-11-29-27(32)23(18)22)26-21(13-15)24(31)16(2)25(33-26)19-7-5-10-28-14-19/h4-8,10,12-14,17,30H,9,11H2,1-3H3,(H,29,32)/t17-/m1/s1. The average molecular weight is 440 g/mol. The van der Waals surface area contributed by atoms with Crippen molar-refractivity contribution in [1.29, 1.82) is 0 Å². The minimum atomic E-state index is -0.207. The number of pyridine rings is 1. The molecule has 0 saturated heterocycles. The summed E-state index contributed by atoms with van der Waals surface area (Å²) in [7, 11) is 0. The Morgan fingerprint density at radius 3 is 2.76 bits per heavy atom. The van der Waals surface area contributed by atoms with Crippen molar-refractivity contribution in [2.75, 3.05) is 11.9 Å². The van der Waals surface area contributed by atoms with E-state index < -0.39 is 0 Å². The largest absolute Gasteiger partial charge is 0.455 e. The van der Waals surface area contributed by atoms with Crippen LogP contribution in [0.1, 0.15) is 45.6 Å². The van der Waals surface area contributed by atoms with Gasteiger partial charge >= 0.3 is 0 Å². The normalized spacial score (nSPS) is 14.0. The third kappa shape index (κ3) is 3.67. The number of nitrogens with one attached hydrogen (secondary N) is 2. The fourth-order valence-corrected chi connectivity index (χ4v) is 4.57. The van der Waals surface area contributed by atoms with Crippen LogP contribution in [-0.4, -0.2) is 17.4 Å². The van der Waals surface area contributed by atoms with Crippen molar-refractivity contribution < 1.29 is 9.21 Å². The predicted octanol–water partition coefficient (Wildman–Crippen LogP) is 4.93. The van der Waals surface area contributed by atoms with Crippen molar-refractivity contribution >= 4 is 22.6 Å². The molecule has 2 N–H and O–H groups in total. The molecule has 5 rings (SSSR count). The first-order valence-corrected chi connectivity index (χ1v) is 11.1. The zero-order valence-corrected chi connectivity index (χ0v) is 18.9. The summed E-state index contributed by atoms with van der Waals surface area (Å²) in [4.78, 5) is 30.0. The number of amides is 1. The highest BCUT2D eigenvalue weighted by atomic mass is 16.3. The summed E-state index contributed by atoms with van der Waals surface area (Å²) in [6.07, 6.45) is 4.19. The van der Waals surface area contributed by atoms with E-state index in [0.717, 1.165) is 34.4 Å². The molecule has 6 nitrogen and oxygen atoms in total. The SMILES string of the molecule is Cc1cc([C@@H](C)Nc2cccc3c2C(=O)NCC3)c2oc(-c3cccnc3)c(C)c(=O)c2c1. The molecular formula is C27H25N3O3. The molecule has 2 aromatic heterocycles. The van der Waals surface area contributed by atoms with Crippen LogP contribution in [0.4, 0.5) is 5.69 Å². The molecule has 2 aromatic carbocycles. The number of nitrogens with zero attached hydrogens (tertiary/aromatic N) is 1. The van der Waals surface area contributed by atoms with Crippen LogP contribution in [0.5, 0.6) is 0 Å². The molecular weight excluding hydrogens is 414 g/mol. The molecule has 166 valence electrons. The summed E-state index contributed by atoms with van der Waals surface area (Å²) in [5.41, 5.74) is 6.13. The first kappa shape index (κ1) is 20.9. The Hall–Kier alpha value is -3.93. The van der Waals surface area contributed by atoms with Gasteiger partial charge in [-0.15, -0.1) is 0 Å². The monoisotopic (exact) mass is 439 g/mol. The fourth-order valence-electron chi connectivity index (χ4n) is 4.57. The van der Waals surface area contributed by atoms with Crippen LogP contribution in [0.25, 0.3) is 22.3 Å². The number of benzene rings is 2. The third-order valence-corrected chi connectivity index (χ3v) is 6.21. The Morgan fingerprint density at radius 1 is 1.12 bits per heavy atom. The molecule has 0 aliphatic carbocycles. The zero-order valence-electron chi connectivity index (χ0n) is 18.9. The van der Waals surface area contributed by atoms with Crippen molar-refractivity contribution in [3.63, 3.8) is 0 Å². The van der Waals surface area contributed by atoms with E-state index in [1.165, 1.54) is 0 Å². The highest BCUT2D eigenvalue weighted by Crippen LogP contribution is 2.33. The van der Waals surface area contributed by atoms with Crippen molar-refractivity contribution in [1.82, 2.24) is 10.3 Å². The summed E-state index contributed by atoms with van der Waals surface area (Å²) in [5.74, 6) is 0.455. The topological polar surface area (TPSA) is 84.2 Å². The van der Waals surface area contributed by atoms with Crippen LogP contribution in [0.15, 0.2) is 64.1 Å². The molecule has 0 saturated carbocycles. The molecule has 3 heterocycles. The number of aromatic nitrogens is 1. The van der Waals surface area contributed by atoms with Crippen molar-refractivity contribution in [3.8, 4) is 11.3 Å². The Labute approximate surface area is 191 Å². The molecule has 1 amide bonds. The van der Waals surface area contributed by atoms with Crippen LogP contribution in [-0.2, 0) is 6.42 Å². The van der Waals surface area contributed by atoms with Gasteiger partial charge in [0.15, 0.2) is 5.43 Å². The number of hydrogen-bond donors (Lipinski definition) is 2. The third-order valence-electron chi connectivity index (χ3n) is 6.21. The first-order chi connectivity index (χ1) is 15.9. The van der Waals surface area contributed by atoms with Crippen molar-refractivity contribution in [2.24, 2.45) is 0 Å². The maximum atomic E-state index is 13.3. The smallest absolute Gasteiger partial charge is 0.253 e. The van der Waals surface area contributed by atoms with E-state index in [4.69, 9.17) is 4.42 Å². The van der Waals surface area contributed by atoms with Crippen molar-refractivity contribution in [2.45, 2.75) is 33.2 Å². The van der Waals surface area contributed by atoms with Crippen molar-refractivity contribution in [3.05, 3.63) is 92.9 Å². The minimum absolute atomic E-state index is 0.0521. The van der Waals surface area contributed by atoms with Gasteiger partial charge in [-0.2, -0.15) is 0 Å². The minimum Gasteiger partial charge on any atom is -0.455 e. The van der Waals surface area contributed by atoms with Gasteiger partial charge in [-0.25, -0.2) is 0 Å². The van der Waals surface area contributed by atoms with Gasteiger partial charge in [0.1, 0.15) is 11.3 Å². The number of fused-ring (bicyclic) bond motifs is 2. The van der Waals surface area contributed by atoms with Crippen LogP contribution in [0, 0.1) is 13.8 Å². The van der Waals surface area contributed by atoms with E-state index in [1.807, 2.05) is 56.3 Å². The number of carbonyl (C=O) groups excluding carboxylic acids is 1. The van der Waals surface area contributed by atoms with E-state index in [9.17, 15) is 9.59 Å². The quantitative estimate of drug-likeness (QED) is 0.471. The Kier molecular flexibility index (Phi) is 5.21. The molecule has 1 aliphatic heterocycles. The number of hydrogen-bond acceptors (Lipinski definition) is 5. The number of anilines is 1. The fraction of sp³-hybridized carbons (Fsp3) is 0.222. The number of rotatable bonds is 4. The van der Waals surface area contributed by atoms with E-state index in [2.05, 4.69) is 15.6 Å². The van der Waals surface area contributed by atoms with E-state index in [1.54, 1.807) is 19.3 Å². The number of aryl methyl sites for hydroxylation is 1. The summed E-state index contributed by atoms with van der Waals surface area (Å²) in [6.45, 7) is 6.41. The molecule has 0 bridgehead atoms. The summed E-state index contributed by atoms with van der Waals surface area (Å²) >= 11 is 0. The van der Waals surface area contributed by atoms with Crippen LogP contribution >= 0.6 is 0 Å². The molecule has 33 heavy (non-hydrogen) atoms. The molecule has 1 atom stereocenters. The van der Waals surface area contributed by atoms with Gasteiger partial charge in [0.2, 0.25) is 0 Å². The summed E-state index contributed by atoms with van der Waals surface area (Å²) in [5, 5.41) is 6.97. The highest BCUT2D eigenvalue weighted by molar-refractivity contribution is 6.02. The second kappa shape index (κ2) is 8.20. The van der Waals surface area contributed by atoms with E-state index in [0.29, 0.717) is 34.4 Å². The van der Waals surface area contributed by atoms with Crippen LogP contribution < -0.4 is 16.1 Å². The van der Waals surface area contributed by atoms with E-state index in [-0.39, 0.29) is 17.4 Å². The Morgan fingerprint density at radius 2 is 1.97 bits per heavy atom. The molecule has 0 radical (unpaired) electrons. The molecule has 6 heteroatoms. The van der Waals surface area contributed by atoms with E-state index >= 15 is 0 Å². The lowest BCUT2D eigenvalue weighted by atomic mass is 9.96. The molecule has 0 fully saturated rings. The Bertz CT molecular complexity index is 1440. The Balaban J connectivity index is 1.65. The molecule has 1 aliphatic rings. The molecule has 0 unspecified atom stereocenters. The van der Waals surface area contributed by atoms with Gasteiger partial charge in [0.25, 0.3) is 5.91 Å². The lowest BCUT2D eigenvalue weighted by molar-refractivity contribution is 0.0947. The lowest BCUT2D eigenvalue weighted by Gasteiger charge is -2.23. The van der Waals surface area contributed by atoms with Gasteiger partial charge in [-0.3, -0.25) is 14.6 Å². The lowest BCUT2D eigenvalue weighted by Crippen LogP contribution is -2.32. The van der Waals surface area contributed by atoms with Gasteiger partial charge < -0.3 is 15.1 Å². The van der Waals surface area contributed by atoms with Gasteiger partial charge in [0.05, 0.1) is 17.0 Å². The zero-order chi connectivity index (χ0) is 23.1. The summed E-state index contributed by atoms with van der Waals surface area (Å²) < 4.78 is 6.38. The molecule has 0 spiro atoms. The summed E-state index contributed by atoms with van der Waals surface area (Å²) in [6, 6.07) is 13.3. The second-order valence-corrected chi connectivity index (χ2v) is 8.57. The number of carbonyl (C=O) groups is 1. The van der Waals surface area contributed by atoms with Gasteiger partial charge in [-0.1, -0.05) is 18.2 Å². The average Bonchev–Trinajstić information content (AvgIpc) is 2.82. The van der Waals surface area contributed by atoms with Crippen LogP contribution in [0.2, 0.25) is 0 Å². The first-order valence-electron chi connectivity index (χ1n) is 11.1.